The Kier molecular flexibility index (Phi) is 5.94. The van der Waals surface area contributed by atoms with E-state index in [1.54, 1.807) is 0 Å². The van der Waals surface area contributed by atoms with Crippen LogP contribution in [0.1, 0.15) is 43.0 Å². The molecular formula is C16H19BrFNO3. The first-order valence-corrected chi connectivity index (χ1v) is 8.18. The van der Waals surface area contributed by atoms with E-state index in [2.05, 4.69) is 28.2 Å². The second kappa shape index (κ2) is 7.72. The Labute approximate surface area is 137 Å². The van der Waals surface area contributed by atoms with E-state index in [0.717, 1.165) is 25.3 Å². The molecule has 0 aliphatic heterocycles. The number of hydrogen-bond acceptors (Lipinski definition) is 3. The fourth-order valence-electron chi connectivity index (χ4n) is 2.64. The molecule has 0 saturated heterocycles. The molecule has 1 aromatic carbocycles. The lowest BCUT2D eigenvalue weighted by Crippen LogP contribution is -2.42. The molecule has 1 aromatic rings. The molecule has 4 nitrogen and oxygen atoms in total. The maximum atomic E-state index is 13.2. The van der Waals surface area contributed by atoms with Crippen molar-refractivity contribution in [1.29, 1.82) is 0 Å². The molecule has 1 aliphatic carbocycles. The predicted octanol–water partition coefficient (Wildman–Crippen LogP) is 3.44. The zero-order valence-electron chi connectivity index (χ0n) is 12.4. The van der Waals surface area contributed by atoms with Crippen molar-refractivity contribution in [1.82, 2.24) is 5.32 Å². The van der Waals surface area contributed by atoms with Crippen LogP contribution in [0.4, 0.5) is 4.39 Å². The molecule has 1 saturated carbocycles. The molecule has 1 fully saturated rings. The van der Waals surface area contributed by atoms with Gasteiger partial charge in [-0.05, 0) is 52.9 Å². The molecule has 0 heterocycles. The molecule has 1 aliphatic rings. The van der Waals surface area contributed by atoms with Crippen molar-refractivity contribution in [3.8, 4) is 0 Å². The van der Waals surface area contributed by atoms with Crippen molar-refractivity contribution in [2.24, 2.45) is 5.92 Å². The molecule has 0 radical (unpaired) electrons. The first kappa shape index (κ1) is 16.9. The molecule has 0 aromatic heterocycles. The van der Waals surface area contributed by atoms with Gasteiger partial charge >= 0.3 is 5.97 Å². The summed E-state index contributed by atoms with van der Waals surface area (Å²) >= 11 is 3.16. The lowest BCUT2D eigenvalue weighted by atomic mass is 9.86. The largest absolute Gasteiger partial charge is 0.452 e. The summed E-state index contributed by atoms with van der Waals surface area (Å²) in [6.45, 7) is 1.75. The summed E-state index contributed by atoms with van der Waals surface area (Å²) in [7, 11) is 0. The van der Waals surface area contributed by atoms with Crippen LogP contribution in [0.2, 0.25) is 0 Å². The molecule has 1 amide bonds. The number of nitrogens with one attached hydrogen (secondary N) is 1. The van der Waals surface area contributed by atoms with Gasteiger partial charge in [0.05, 0.1) is 5.56 Å². The van der Waals surface area contributed by atoms with Crippen LogP contribution in [0.15, 0.2) is 22.7 Å². The van der Waals surface area contributed by atoms with Gasteiger partial charge in [0, 0.05) is 10.5 Å². The standard InChI is InChI=1S/C16H19BrFNO3/c1-10-4-2-3-5-14(10)19-15(20)9-22-16(21)12-8-11(18)6-7-13(12)17/h6-8,10,14H,2-5,9H2,1H3,(H,19,20)/t10-,14-/m0/s1. The zero-order valence-corrected chi connectivity index (χ0v) is 14.0. The van der Waals surface area contributed by atoms with Gasteiger partial charge in [-0.25, -0.2) is 9.18 Å². The van der Waals surface area contributed by atoms with Gasteiger partial charge in [0.2, 0.25) is 0 Å². The Morgan fingerprint density at radius 2 is 2.09 bits per heavy atom. The topological polar surface area (TPSA) is 55.4 Å². The summed E-state index contributed by atoms with van der Waals surface area (Å²) in [5.74, 6) is -1.14. The number of hydrogen-bond donors (Lipinski definition) is 1. The number of esters is 1. The molecule has 2 atom stereocenters. The van der Waals surface area contributed by atoms with Crippen LogP contribution in [-0.2, 0) is 9.53 Å². The highest BCUT2D eigenvalue weighted by atomic mass is 79.9. The number of rotatable bonds is 4. The minimum Gasteiger partial charge on any atom is -0.452 e. The second-order valence-electron chi connectivity index (χ2n) is 5.64. The van der Waals surface area contributed by atoms with Gasteiger partial charge in [0.1, 0.15) is 5.82 Å². The van der Waals surface area contributed by atoms with Crippen LogP contribution in [0.3, 0.4) is 0 Å². The molecule has 2 rings (SSSR count). The minimum atomic E-state index is -0.724. The Morgan fingerprint density at radius 3 is 2.82 bits per heavy atom. The lowest BCUT2D eigenvalue weighted by Gasteiger charge is -2.29. The molecule has 22 heavy (non-hydrogen) atoms. The van der Waals surface area contributed by atoms with E-state index in [0.29, 0.717) is 10.4 Å². The van der Waals surface area contributed by atoms with E-state index in [1.165, 1.54) is 18.6 Å². The van der Waals surface area contributed by atoms with E-state index in [1.807, 2.05) is 0 Å². The first-order chi connectivity index (χ1) is 10.5. The Morgan fingerprint density at radius 1 is 1.36 bits per heavy atom. The average molecular weight is 372 g/mol. The third-order valence-electron chi connectivity index (χ3n) is 3.94. The van der Waals surface area contributed by atoms with Gasteiger partial charge in [-0.15, -0.1) is 0 Å². The molecule has 0 bridgehead atoms. The number of amides is 1. The Bertz CT molecular complexity index is 564. The molecule has 120 valence electrons. The third kappa shape index (κ3) is 4.53. The van der Waals surface area contributed by atoms with Crippen molar-refractivity contribution in [2.75, 3.05) is 6.61 Å². The summed E-state index contributed by atoms with van der Waals surface area (Å²) < 4.78 is 18.5. The summed E-state index contributed by atoms with van der Waals surface area (Å²) in [6.07, 6.45) is 4.35. The van der Waals surface area contributed by atoms with Crippen molar-refractivity contribution < 1.29 is 18.7 Å². The summed E-state index contributed by atoms with van der Waals surface area (Å²) in [5.41, 5.74) is 0.0684. The number of halogens is 2. The van der Waals surface area contributed by atoms with Crippen LogP contribution >= 0.6 is 15.9 Å². The lowest BCUT2D eigenvalue weighted by molar-refractivity contribution is -0.125. The van der Waals surface area contributed by atoms with Crippen LogP contribution in [0.5, 0.6) is 0 Å². The Hall–Kier alpha value is -1.43. The van der Waals surface area contributed by atoms with E-state index >= 15 is 0 Å². The first-order valence-electron chi connectivity index (χ1n) is 7.39. The number of carbonyl (C=O) groups is 2. The smallest absolute Gasteiger partial charge is 0.339 e. The van der Waals surface area contributed by atoms with E-state index < -0.39 is 11.8 Å². The van der Waals surface area contributed by atoms with Gasteiger partial charge in [0.25, 0.3) is 5.91 Å². The van der Waals surface area contributed by atoms with Gasteiger partial charge in [-0.1, -0.05) is 19.8 Å². The second-order valence-corrected chi connectivity index (χ2v) is 6.49. The van der Waals surface area contributed by atoms with Crippen LogP contribution in [0, 0.1) is 11.7 Å². The summed E-state index contributed by atoms with van der Waals surface area (Å²) in [5, 5.41) is 2.90. The fraction of sp³-hybridized carbons (Fsp3) is 0.500. The molecule has 6 heteroatoms. The zero-order chi connectivity index (χ0) is 16.1. The summed E-state index contributed by atoms with van der Waals surface area (Å²) in [4.78, 5) is 23.8. The highest BCUT2D eigenvalue weighted by molar-refractivity contribution is 9.10. The number of carbonyl (C=O) groups excluding carboxylic acids is 2. The van der Waals surface area contributed by atoms with Crippen molar-refractivity contribution in [2.45, 2.75) is 38.6 Å². The van der Waals surface area contributed by atoms with Crippen molar-refractivity contribution in [3.05, 3.63) is 34.1 Å². The molecule has 1 N–H and O–H groups in total. The van der Waals surface area contributed by atoms with E-state index in [9.17, 15) is 14.0 Å². The monoisotopic (exact) mass is 371 g/mol. The minimum absolute atomic E-state index is 0.0684. The van der Waals surface area contributed by atoms with Crippen LogP contribution in [0.25, 0.3) is 0 Å². The highest BCUT2D eigenvalue weighted by Gasteiger charge is 2.23. The third-order valence-corrected chi connectivity index (χ3v) is 4.63. The van der Waals surface area contributed by atoms with Crippen molar-refractivity contribution in [3.63, 3.8) is 0 Å². The van der Waals surface area contributed by atoms with E-state index in [-0.39, 0.29) is 24.1 Å². The van der Waals surface area contributed by atoms with Crippen LogP contribution < -0.4 is 5.32 Å². The van der Waals surface area contributed by atoms with E-state index in [4.69, 9.17) is 4.74 Å². The maximum absolute atomic E-state index is 13.2. The van der Waals surface area contributed by atoms with Gasteiger partial charge in [-0.2, -0.15) is 0 Å². The fourth-order valence-corrected chi connectivity index (χ4v) is 3.05. The quantitative estimate of drug-likeness (QED) is 0.824. The maximum Gasteiger partial charge on any atom is 0.339 e. The summed E-state index contributed by atoms with van der Waals surface area (Å²) in [6, 6.07) is 3.88. The SMILES string of the molecule is C[C@H]1CCCC[C@@H]1NC(=O)COC(=O)c1cc(F)ccc1Br. The Balaban J connectivity index is 1.85. The highest BCUT2D eigenvalue weighted by Crippen LogP contribution is 2.23. The molecule has 0 unspecified atom stereocenters. The normalized spacial score (nSPS) is 21.2. The number of benzene rings is 1. The molecule has 0 spiro atoms. The van der Waals surface area contributed by atoms with Gasteiger partial charge < -0.3 is 10.1 Å². The van der Waals surface area contributed by atoms with Crippen LogP contribution in [-0.4, -0.2) is 24.5 Å². The predicted molar refractivity (Wildman–Crippen MR) is 83.9 cm³/mol. The number of ether oxygens (including phenoxy) is 1. The molecular weight excluding hydrogens is 353 g/mol. The van der Waals surface area contributed by atoms with Gasteiger partial charge in [-0.3, -0.25) is 4.79 Å². The van der Waals surface area contributed by atoms with Crippen molar-refractivity contribution >= 4 is 27.8 Å². The average Bonchev–Trinajstić information content (AvgIpc) is 2.49. The van der Waals surface area contributed by atoms with Gasteiger partial charge in [0.15, 0.2) is 6.61 Å².